The van der Waals surface area contributed by atoms with Crippen molar-refractivity contribution in [1.29, 1.82) is 0 Å². The van der Waals surface area contributed by atoms with Crippen LogP contribution < -0.4 is 10.6 Å². The monoisotopic (exact) mass is 292 g/mol. The van der Waals surface area contributed by atoms with E-state index in [0.29, 0.717) is 13.1 Å². The van der Waals surface area contributed by atoms with E-state index >= 15 is 0 Å². The number of alkyl halides is 3. The van der Waals surface area contributed by atoms with Crippen molar-refractivity contribution in [3.05, 3.63) is 11.8 Å². The van der Waals surface area contributed by atoms with Gasteiger partial charge in [-0.15, -0.1) is 0 Å². The van der Waals surface area contributed by atoms with E-state index in [1.807, 2.05) is 0 Å². The van der Waals surface area contributed by atoms with E-state index in [1.165, 1.54) is 14.2 Å². The van der Waals surface area contributed by atoms with Gasteiger partial charge in [-0.1, -0.05) is 0 Å². The highest BCUT2D eigenvalue weighted by Gasteiger charge is 2.37. The summed E-state index contributed by atoms with van der Waals surface area (Å²) >= 11 is 0. The summed E-state index contributed by atoms with van der Waals surface area (Å²) in [6.45, 7) is 0.755. The molecule has 2 N–H and O–H groups in total. The highest BCUT2D eigenvalue weighted by Crippen LogP contribution is 2.31. The quantitative estimate of drug-likeness (QED) is 0.893. The molecule has 9 heteroatoms. The van der Waals surface area contributed by atoms with Crippen LogP contribution in [0.3, 0.4) is 0 Å². The first-order valence-corrected chi connectivity index (χ1v) is 5.87. The summed E-state index contributed by atoms with van der Waals surface area (Å²) in [6.07, 6.45) is -5.02. The van der Waals surface area contributed by atoms with E-state index in [2.05, 4.69) is 9.97 Å². The molecule has 1 aromatic heterocycles. The Labute approximate surface area is 113 Å². The Balaban J connectivity index is 2.28. The van der Waals surface area contributed by atoms with Crippen molar-refractivity contribution in [2.24, 2.45) is 0 Å². The standard InChI is InChI=1S/C11H15F3N4O2/c1-19-6-4-18(5-7(6)20-2)9-3-8(11(12,13)14)16-10(15)17-9/h3,6-7H,4-5H2,1-2H3,(H2,15,16,17). The molecule has 0 aromatic carbocycles. The van der Waals surface area contributed by atoms with Crippen molar-refractivity contribution < 1.29 is 22.6 Å². The number of methoxy groups -OCH3 is 2. The zero-order chi connectivity index (χ0) is 14.9. The van der Waals surface area contributed by atoms with Crippen molar-refractivity contribution in [1.82, 2.24) is 9.97 Å². The van der Waals surface area contributed by atoms with Gasteiger partial charge in [0.05, 0.1) is 0 Å². The molecule has 2 unspecified atom stereocenters. The average molecular weight is 292 g/mol. The van der Waals surface area contributed by atoms with Crippen molar-refractivity contribution in [3.63, 3.8) is 0 Å². The zero-order valence-electron chi connectivity index (χ0n) is 11.0. The van der Waals surface area contributed by atoms with Crippen LogP contribution >= 0.6 is 0 Å². The predicted molar refractivity (Wildman–Crippen MR) is 65.3 cm³/mol. The minimum Gasteiger partial charge on any atom is -0.377 e. The van der Waals surface area contributed by atoms with Crippen molar-refractivity contribution in [2.45, 2.75) is 18.4 Å². The minimum absolute atomic E-state index is 0.117. The number of halogens is 3. The largest absolute Gasteiger partial charge is 0.433 e. The molecule has 112 valence electrons. The lowest BCUT2D eigenvalue weighted by Gasteiger charge is -2.18. The second-order valence-corrected chi connectivity index (χ2v) is 4.42. The SMILES string of the molecule is COC1CN(c2cc(C(F)(F)F)nc(N)n2)CC1OC. The van der Waals surface area contributed by atoms with Gasteiger partial charge in [-0.05, 0) is 0 Å². The average Bonchev–Trinajstić information content (AvgIpc) is 2.80. The number of nitrogens with two attached hydrogens (primary N) is 1. The second-order valence-electron chi connectivity index (χ2n) is 4.42. The molecule has 1 aliphatic heterocycles. The van der Waals surface area contributed by atoms with E-state index in [4.69, 9.17) is 15.2 Å². The Bertz CT molecular complexity index is 471. The molecule has 2 rings (SSSR count). The summed E-state index contributed by atoms with van der Waals surface area (Å²) in [5, 5.41) is 0. The third kappa shape index (κ3) is 2.93. The van der Waals surface area contributed by atoms with E-state index in [-0.39, 0.29) is 18.0 Å². The Morgan fingerprint density at radius 1 is 1.20 bits per heavy atom. The van der Waals surface area contributed by atoms with Gasteiger partial charge in [0.1, 0.15) is 18.0 Å². The molecule has 0 radical (unpaired) electrons. The van der Waals surface area contributed by atoms with Gasteiger partial charge in [0.15, 0.2) is 5.69 Å². The van der Waals surface area contributed by atoms with Gasteiger partial charge >= 0.3 is 6.18 Å². The molecule has 0 amide bonds. The predicted octanol–water partition coefficient (Wildman–Crippen LogP) is 0.928. The molecule has 1 aromatic rings. The third-order valence-corrected chi connectivity index (χ3v) is 3.17. The van der Waals surface area contributed by atoms with Crippen molar-refractivity contribution in [2.75, 3.05) is 37.9 Å². The number of anilines is 2. The summed E-state index contributed by atoms with van der Waals surface area (Å²) in [5.41, 5.74) is 4.29. The lowest BCUT2D eigenvalue weighted by Crippen LogP contribution is -2.27. The van der Waals surface area contributed by atoms with E-state index < -0.39 is 17.8 Å². The molecule has 20 heavy (non-hydrogen) atoms. The first-order chi connectivity index (χ1) is 9.35. The van der Waals surface area contributed by atoms with Crippen LogP contribution in [0.1, 0.15) is 5.69 Å². The van der Waals surface area contributed by atoms with Crippen LogP contribution in [-0.4, -0.2) is 49.5 Å². The van der Waals surface area contributed by atoms with Crippen LogP contribution in [0.4, 0.5) is 24.9 Å². The van der Waals surface area contributed by atoms with Gasteiger partial charge in [0.2, 0.25) is 5.95 Å². The first kappa shape index (κ1) is 14.8. The molecule has 6 nitrogen and oxygen atoms in total. The summed E-state index contributed by atoms with van der Waals surface area (Å²) in [5.74, 6) is -0.295. The fourth-order valence-corrected chi connectivity index (χ4v) is 2.14. The summed E-state index contributed by atoms with van der Waals surface area (Å²) in [7, 11) is 3.05. The molecule has 0 saturated carbocycles. The van der Waals surface area contributed by atoms with E-state index in [1.54, 1.807) is 4.90 Å². The molecule has 1 fully saturated rings. The molecule has 1 saturated heterocycles. The van der Waals surface area contributed by atoms with Crippen LogP contribution in [0, 0.1) is 0 Å². The Morgan fingerprint density at radius 2 is 1.75 bits per heavy atom. The number of nitrogen functional groups attached to an aromatic ring is 1. The molecule has 0 spiro atoms. The van der Waals surface area contributed by atoms with Crippen LogP contribution in [0.15, 0.2) is 6.07 Å². The molecule has 0 bridgehead atoms. The molecule has 2 atom stereocenters. The Morgan fingerprint density at radius 3 is 2.20 bits per heavy atom. The molecular weight excluding hydrogens is 277 g/mol. The normalized spacial score (nSPS) is 23.4. The molecule has 0 aliphatic carbocycles. The topological polar surface area (TPSA) is 73.5 Å². The number of aromatic nitrogens is 2. The van der Waals surface area contributed by atoms with Gasteiger partial charge < -0.3 is 20.1 Å². The fraction of sp³-hybridized carbons (Fsp3) is 0.636. The number of nitrogens with zero attached hydrogens (tertiary/aromatic N) is 3. The molecule has 2 heterocycles. The van der Waals surface area contributed by atoms with Gasteiger partial charge in [-0.2, -0.15) is 18.2 Å². The Kier molecular flexibility index (Phi) is 4.00. The van der Waals surface area contributed by atoms with E-state index in [0.717, 1.165) is 6.07 Å². The number of hydrogen-bond acceptors (Lipinski definition) is 6. The summed E-state index contributed by atoms with van der Waals surface area (Å²) in [4.78, 5) is 8.69. The van der Waals surface area contributed by atoms with Gasteiger partial charge in [-0.25, -0.2) is 4.98 Å². The Hall–Kier alpha value is -1.61. The van der Waals surface area contributed by atoms with E-state index in [9.17, 15) is 13.2 Å². The highest BCUT2D eigenvalue weighted by atomic mass is 19.4. The lowest BCUT2D eigenvalue weighted by atomic mass is 10.3. The van der Waals surface area contributed by atoms with Gasteiger partial charge in [0, 0.05) is 33.4 Å². The van der Waals surface area contributed by atoms with Crippen LogP contribution in [0.25, 0.3) is 0 Å². The maximum atomic E-state index is 12.7. The van der Waals surface area contributed by atoms with Crippen molar-refractivity contribution >= 4 is 11.8 Å². The van der Waals surface area contributed by atoms with Crippen LogP contribution in [0.2, 0.25) is 0 Å². The number of rotatable bonds is 3. The number of hydrogen-bond donors (Lipinski definition) is 1. The maximum absolute atomic E-state index is 12.7. The summed E-state index contributed by atoms with van der Waals surface area (Å²) < 4.78 is 48.6. The van der Waals surface area contributed by atoms with Crippen LogP contribution in [0.5, 0.6) is 0 Å². The highest BCUT2D eigenvalue weighted by molar-refractivity contribution is 5.45. The minimum atomic E-state index is -4.56. The third-order valence-electron chi connectivity index (χ3n) is 3.17. The fourth-order valence-electron chi connectivity index (χ4n) is 2.14. The van der Waals surface area contributed by atoms with Crippen molar-refractivity contribution in [3.8, 4) is 0 Å². The molecule has 1 aliphatic rings. The van der Waals surface area contributed by atoms with Crippen LogP contribution in [-0.2, 0) is 15.7 Å². The maximum Gasteiger partial charge on any atom is 0.433 e. The zero-order valence-corrected chi connectivity index (χ0v) is 11.0. The first-order valence-electron chi connectivity index (χ1n) is 5.87. The number of ether oxygens (including phenoxy) is 2. The summed E-state index contributed by atoms with van der Waals surface area (Å²) in [6, 6.07) is 0.876. The second kappa shape index (κ2) is 5.41. The lowest BCUT2D eigenvalue weighted by molar-refractivity contribution is -0.141. The van der Waals surface area contributed by atoms with Gasteiger partial charge in [-0.3, -0.25) is 0 Å². The smallest absolute Gasteiger partial charge is 0.377 e. The molecular formula is C11H15F3N4O2. The van der Waals surface area contributed by atoms with Gasteiger partial charge in [0.25, 0.3) is 0 Å².